The lowest BCUT2D eigenvalue weighted by atomic mass is 10.2. The maximum Gasteiger partial charge on any atom is 0.119 e. The molecule has 0 aliphatic heterocycles. The van der Waals surface area contributed by atoms with Crippen LogP contribution in [0.4, 0.5) is 5.69 Å². The molecule has 0 heterocycles. The molecule has 3 rings (SSSR count). The van der Waals surface area contributed by atoms with Gasteiger partial charge in [-0.3, -0.25) is 0 Å². The summed E-state index contributed by atoms with van der Waals surface area (Å²) in [7, 11) is 0. The molecule has 0 fully saturated rings. The second kappa shape index (κ2) is 8.88. The molecule has 0 saturated heterocycles. The molecule has 1 N–H and O–H groups in total. The molecule has 0 aromatic heterocycles. The Balaban J connectivity index is 1.56. The first-order valence-electron chi connectivity index (χ1n) is 7.85. The van der Waals surface area contributed by atoms with Gasteiger partial charge in [-0.15, -0.1) is 0 Å². The summed E-state index contributed by atoms with van der Waals surface area (Å²) in [6.07, 6.45) is 0. The molecule has 0 saturated carbocycles. The van der Waals surface area contributed by atoms with Gasteiger partial charge in [-0.1, -0.05) is 64.6 Å². The van der Waals surface area contributed by atoms with Gasteiger partial charge in [-0.2, -0.15) is 0 Å². The van der Waals surface area contributed by atoms with Crippen LogP contribution >= 0.6 is 46.4 Å². The molecular formula is C20H15Cl4NO. The van der Waals surface area contributed by atoms with Crippen molar-refractivity contribution in [1.29, 1.82) is 0 Å². The first kappa shape index (κ1) is 19.2. The van der Waals surface area contributed by atoms with Crippen LogP contribution in [0.5, 0.6) is 5.75 Å². The Morgan fingerprint density at radius 1 is 0.731 bits per heavy atom. The highest BCUT2D eigenvalue weighted by atomic mass is 35.5. The van der Waals surface area contributed by atoms with E-state index >= 15 is 0 Å². The molecule has 2 nitrogen and oxygen atoms in total. The van der Waals surface area contributed by atoms with Crippen molar-refractivity contribution in [3.63, 3.8) is 0 Å². The number of anilines is 1. The van der Waals surface area contributed by atoms with Gasteiger partial charge in [0.2, 0.25) is 0 Å². The lowest BCUT2D eigenvalue weighted by Gasteiger charge is -2.10. The van der Waals surface area contributed by atoms with E-state index in [4.69, 9.17) is 51.1 Å². The molecule has 134 valence electrons. The second-order valence-electron chi connectivity index (χ2n) is 5.68. The fraction of sp³-hybridized carbons (Fsp3) is 0.100. The van der Waals surface area contributed by atoms with E-state index in [1.165, 1.54) is 0 Å². The summed E-state index contributed by atoms with van der Waals surface area (Å²) < 4.78 is 5.78. The van der Waals surface area contributed by atoms with Crippen LogP contribution < -0.4 is 10.1 Å². The number of benzene rings is 3. The van der Waals surface area contributed by atoms with E-state index < -0.39 is 0 Å². The van der Waals surface area contributed by atoms with Gasteiger partial charge >= 0.3 is 0 Å². The zero-order valence-corrected chi connectivity index (χ0v) is 16.6. The monoisotopic (exact) mass is 425 g/mol. The molecule has 26 heavy (non-hydrogen) atoms. The maximum absolute atomic E-state index is 6.15. The van der Waals surface area contributed by atoms with Gasteiger partial charge in [0.25, 0.3) is 0 Å². The van der Waals surface area contributed by atoms with E-state index in [9.17, 15) is 0 Å². The lowest BCUT2D eigenvalue weighted by Crippen LogP contribution is -2.00. The lowest BCUT2D eigenvalue weighted by molar-refractivity contribution is 0.306. The topological polar surface area (TPSA) is 21.3 Å². The molecule has 0 spiro atoms. The molecule has 6 heteroatoms. The Bertz CT molecular complexity index is 877. The highest BCUT2D eigenvalue weighted by molar-refractivity contribution is 6.35. The van der Waals surface area contributed by atoms with E-state index in [1.54, 1.807) is 18.2 Å². The van der Waals surface area contributed by atoms with Crippen molar-refractivity contribution < 1.29 is 4.74 Å². The summed E-state index contributed by atoms with van der Waals surface area (Å²) in [5, 5.41) is 5.70. The van der Waals surface area contributed by atoms with Crippen LogP contribution in [-0.2, 0) is 13.2 Å². The smallest absolute Gasteiger partial charge is 0.119 e. The van der Waals surface area contributed by atoms with Crippen LogP contribution in [0.1, 0.15) is 11.1 Å². The SMILES string of the molecule is Clc1cc(Cl)cc(NCc2ccc(OCc3ccc(Cl)cc3Cl)cc2)c1. The molecule has 0 unspecified atom stereocenters. The van der Waals surface area contributed by atoms with Crippen LogP contribution in [-0.4, -0.2) is 0 Å². The Morgan fingerprint density at radius 2 is 1.42 bits per heavy atom. The van der Waals surface area contributed by atoms with Crippen LogP contribution in [0, 0.1) is 0 Å². The summed E-state index contributed by atoms with van der Waals surface area (Å²) in [5.41, 5.74) is 2.87. The third-order valence-electron chi connectivity index (χ3n) is 3.69. The molecule has 0 aliphatic carbocycles. The Hall–Kier alpha value is -1.58. The first-order valence-corrected chi connectivity index (χ1v) is 9.36. The van der Waals surface area contributed by atoms with Gasteiger partial charge < -0.3 is 10.1 Å². The van der Waals surface area contributed by atoms with Gasteiger partial charge in [-0.05, 0) is 48.0 Å². The normalized spacial score (nSPS) is 10.6. The predicted octanol–water partition coefficient (Wildman–Crippen LogP) is 7.49. The largest absolute Gasteiger partial charge is 0.489 e. The Kier molecular flexibility index (Phi) is 6.55. The van der Waals surface area contributed by atoms with Gasteiger partial charge in [0.1, 0.15) is 12.4 Å². The maximum atomic E-state index is 6.15. The van der Waals surface area contributed by atoms with Crippen molar-refractivity contribution in [3.05, 3.63) is 91.9 Å². The van der Waals surface area contributed by atoms with Crippen LogP contribution in [0.2, 0.25) is 20.1 Å². The Labute approximate surface area is 172 Å². The van der Waals surface area contributed by atoms with E-state index in [0.29, 0.717) is 33.2 Å². The molecule has 3 aromatic rings. The zero-order valence-electron chi connectivity index (χ0n) is 13.6. The van der Waals surface area contributed by atoms with Crippen molar-refractivity contribution in [2.45, 2.75) is 13.2 Å². The average Bonchev–Trinajstić information content (AvgIpc) is 2.59. The van der Waals surface area contributed by atoms with Crippen molar-refractivity contribution >= 4 is 52.1 Å². The molecule has 0 aliphatic rings. The fourth-order valence-electron chi connectivity index (χ4n) is 2.36. The summed E-state index contributed by atoms with van der Waals surface area (Å²) >= 11 is 24.0. The van der Waals surface area contributed by atoms with Crippen molar-refractivity contribution in [2.24, 2.45) is 0 Å². The number of hydrogen-bond acceptors (Lipinski definition) is 2. The van der Waals surface area contributed by atoms with Gasteiger partial charge in [-0.25, -0.2) is 0 Å². The minimum absolute atomic E-state index is 0.384. The quantitative estimate of drug-likeness (QED) is 0.440. The van der Waals surface area contributed by atoms with Crippen molar-refractivity contribution in [2.75, 3.05) is 5.32 Å². The molecule has 0 bridgehead atoms. The number of halogens is 4. The minimum Gasteiger partial charge on any atom is -0.489 e. The van der Waals surface area contributed by atoms with Crippen LogP contribution in [0.25, 0.3) is 0 Å². The van der Waals surface area contributed by atoms with Crippen LogP contribution in [0.15, 0.2) is 60.7 Å². The third kappa shape index (κ3) is 5.46. The highest BCUT2D eigenvalue weighted by Gasteiger charge is 2.03. The number of nitrogens with one attached hydrogen (secondary N) is 1. The predicted molar refractivity (Wildman–Crippen MR) is 111 cm³/mol. The fourth-order valence-corrected chi connectivity index (χ4v) is 3.35. The van der Waals surface area contributed by atoms with Crippen LogP contribution in [0.3, 0.4) is 0 Å². The molecular weight excluding hydrogens is 412 g/mol. The number of hydrogen-bond donors (Lipinski definition) is 1. The standard InChI is InChI=1S/C20H15Cl4NO/c21-15-4-3-14(20(24)10-15)12-26-19-5-1-13(2-6-19)11-25-18-8-16(22)7-17(23)9-18/h1-10,25H,11-12H2. The van der Waals surface area contributed by atoms with Gasteiger partial charge in [0.05, 0.1) is 0 Å². The first-order chi connectivity index (χ1) is 12.5. The highest BCUT2D eigenvalue weighted by Crippen LogP contribution is 2.24. The van der Waals surface area contributed by atoms with Crippen molar-refractivity contribution in [3.8, 4) is 5.75 Å². The van der Waals surface area contributed by atoms with Gasteiger partial charge in [0.15, 0.2) is 0 Å². The minimum atomic E-state index is 0.384. The summed E-state index contributed by atoms with van der Waals surface area (Å²) in [5.74, 6) is 0.769. The second-order valence-corrected chi connectivity index (χ2v) is 7.40. The number of ether oxygens (including phenoxy) is 1. The number of rotatable bonds is 6. The molecule has 0 amide bonds. The van der Waals surface area contributed by atoms with E-state index in [0.717, 1.165) is 22.6 Å². The summed E-state index contributed by atoms with van der Waals surface area (Å²) in [6, 6.07) is 18.6. The summed E-state index contributed by atoms with van der Waals surface area (Å²) in [6.45, 7) is 1.04. The zero-order chi connectivity index (χ0) is 18.5. The molecule has 0 atom stereocenters. The van der Waals surface area contributed by atoms with E-state index in [-0.39, 0.29) is 0 Å². The Morgan fingerprint density at radius 3 is 2.08 bits per heavy atom. The molecule has 0 radical (unpaired) electrons. The summed E-state index contributed by atoms with van der Waals surface area (Å²) in [4.78, 5) is 0. The van der Waals surface area contributed by atoms with Gasteiger partial charge in [0, 0.05) is 37.9 Å². The third-order valence-corrected chi connectivity index (χ3v) is 4.72. The average molecular weight is 427 g/mol. The molecule has 3 aromatic carbocycles. The van der Waals surface area contributed by atoms with E-state index in [1.807, 2.05) is 42.5 Å². The van der Waals surface area contributed by atoms with Crippen molar-refractivity contribution in [1.82, 2.24) is 0 Å². The van der Waals surface area contributed by atoms with E-state index in [2.05, 4.69) is 5.32 Å².